The van der Waals surface area contributed by atoms with E-state index in [1.54, 1.807) is 12.1 Å². The highest BCUT2D eigenvalue weighted by atomic mass is 16.4. The number of anilines is 1. The molecular formula is C11H10N2O3. The van der Waals surface area contributed by atoms with Crippen LogP contribution >= 0.6 is 0 Å². The number of oxazole rings is 1. The van der Waals surface area contributed by atoms with E-state index >= 15 is 0 Å². The highest BCUT2D eigenvalue weighted by molar-refractivity contribution is 5.93. The average Bonchev–Trinajstić information content (AvgIpc) is 2.61. The van der Waals surface area contributed by atoms with Crippen molar-refractivity contribution in [2.45, 2.75) is 6.92 Å². The molecule has 0 atom stereocenters. The summed E-state index contributed by atoms with van der Waals surface area (Å²) in [6.45, 7) is 1.86. The number of hydrogen-bond acceptors (Lipinski definition) is 4. The minimum Gasteiger partial charge on any atom is -0.476 e. The fourth-order valence-corrected chi connectivity index (χ4v) is 1.49. The zero-order chi connectivity index (χ0) is 11.7. The summed E-state index contributed by atoms with van der Waals surface area (Å²) in [4.78, 5) is 14.6. The Hall–Kier alpha value is -2.30. The molecule has 0 bridgehead atoms. The summed E-state index contributed by atoms with van der Waals surface area (Å²) in [5, 5.41) is 8.95. The predicted molar refractivity (Wildman–Crippen MR) is 58.0 cm³/mol. The molecule has 0 aliphatic heterocycles. The first kappa shape index (κ1) is 10.2. The maximum Gasteiger partial charge on any atom is 0.358 e. The Morgan fingerprint density at radius 3 is 2.75 bits per heavy atom. The summed E-state index contributed by atoms with van der Waals surface area (Å²) in [6, 6.07) is 7.14. The number of nitrogens with two attached hydrogens (primary N) is 1. The number of carbonyl (C=O) groups is 1. The second kappa shape index (κ2) is 3.69. The molecule has 0 aliphatic rings. The van der Waals surface area contributed by atoms with E-state index in [0.29, 0.717) is 5.56 Å². The molecule has 0 spiro atoms. The topological polar surface area (TPSA) is 89.4 Å². The SMILES string of the molecule is Cc1ccccc1-c1oc(N)nc1C(=O)O. The molecule has 2 aromatic rings. The van der Waals surface area contributed by atoms with Crippen molar-refractivity contribution in [3.8, 4) is 11.3 Å². The van der Waals surface area contributed by atoms with E-state index in [1.807, 2.05) is 19.1 Å². The van der Waals surface area contributed by atoms with Crippen molar-refractivity contribution in [3.63, 3.8) is 0 Å². The quantitative estimate of drug-likeness (QED) is 0.803. The van der Waals surface area contributed by atoms with Crippen LogP contribution < -0.4 is 5.73 Å². The number of hydrogen-bond donors (Lipinski definition) is 2. The first-order valence-corrected chi connectivity index (χ1v) is 4.65. The Labute approximate surface area is 91.5 Å². The second-order valence-electron chi connectivity index (χ2n) is 3.35. The van der Waals surface area contributed by atoms with Gasteiger partial charge in [-0.3, -0.25) is 0 Å². The molecule has 2 rings (SSSR count). The lowest BCUT2D eigenvalue weighted by atomic mass is 10.1. The normalized spacial score (nSPS) is 10.3. The van der Waals surface area contributed by atoms with E-state index in [1.165, 1.54) is 0 Å². The summed E-state index contributed by atoms with van der Waals surface area (Å²) >= 11 is 0. The lowest BCUT2D eigenvalue weighted by Crippen LogP contribution is -1.99. The summed E-state index contributed by atoms with van der Waals surface area (Å²) in [5.41, 5.74) is 6.79. The lowest BCUT2D eigenvalue weighted by Gasteiger charge is -2.01. The van der Waals surface area contributed by atoms with Gasteiger partial charge in [0, 0.05) is 5.56 Å². The van der Waals surface area contributed by atoms with Crippen LogP contribution in [-0.4, -0.2) is 16.1 Å². The Morgan fingerprint density at radius 2 is 2.12 bits per heavy atom. The van der Waals surface area contributed by atoms with Crippen molar-refractivity contribution in [1.29, 1.82) is 0 Å². The molecule has 1 heterocycles. The summed E-state index contributed by atoms with van der Waals surface area (Å²) in [7, 11) is 0. The average molecular weight is 218 g/mol. The fraction of sp³-hybridized carbons (Fsp3) is 0.0909. The smallest absolute Gasteiger partial charge is 0.358 e. The number of carboxylic acid groups (broad SMARTS) is 1. The number of rotatable bonds is 2. The maximum absolute atomic E-state index is 10.9. The van der Waals surface area contributed by atoms with Crippen molar-refractivity contribution in [2.24, 2.45) is 0 Å². The minimum absolute atomic E-state index is 0.143. The van der Waals surface area contributed by atoms with Gasteiger partial charge in [-0.25, -0.2) is 4.79 Å². The molecule has 82 valence electrons. The minimum atomic E-state index is -1.15. The van der Waals surface area contributed by atoms with Crippen molar-refractivity contribution >= 4 is 12.0 Å². The number of nitrogens with zero attached hydrogens (tertiary/aromatic N) is 1. The Balaban J connectivity index is 2.64. The van der Waals surface area contributed by atoms with Crippen LogP contribution in [0.1, 0.15) is 16.1 Å². The molecule has 0 radical (unpaired) electrons. The fourth-order valence-electron chi connectivity index (χ4n) is 1.49. The van der Waals surface area contributed by atoms with Gasteiger partial charge >= 0.3 is 5.97 Å². The van der Waals surface area contributed by atoms with Crippen LogP contribution in [0.4, 0.5) is 6.01 Å². The molecule has 0 saturated heterocycles. The Bertz CT molecular complexity index is 546. The monoisotopic (exact) mass is 218 g/mol. The first-order chi connectivity index (χ1) is 7.59. The number of aryl methyl sites for hydroxylation is 1. The molecular weight excluding hydrogens is 208 g/mol. The van der Waals surface area contributed by atoms with Crippen molar-refractivity contribution < 1.29 is 14.3 Å². The van der Waals surface area contributed by atoms with E-state index in [-0.39, 0.29) is 17.5 Å². The zero-order valence-corrected chi connectivity index (χ0v) is 8.60. The summed E-state index contributed by atoms with van der Waals surface area (Å²) in [5.74, 6) is -0.957. The van der Waals surface area contributed by atoms with Gasteiger partial charge < -0.3 is 15.3 Å². The zero-order valence-electron chi connectivity index (χ0n) is 8.60. The van der Waals surface area contributed by atoms with Crippen molar-refractivity contribution in [2.75, 3.05) is 5.73 Å². The number of aromatic nitrogens is 1. The van der Waals surface area contributed by atoms with Crippen LogP contribution in [0.5, 0.6) is 0 Å². The van der Waals surface area contributed by atoms with Gasteiger partial charge in [0.2, 0.25) is 0 Å². The van der Waals surface area contributed by atoms with E-state index in [2.05, 4.69) is 4.98 Å². The van der Waals surface area contributed by atoms with E-state index in [9.17, 15) is 4.79 Å². The van der Waals surface area contributed by atoms with Gasteiger partial charge in [-0.2, -0.15) is 4.98 Å². The Morgan fingerprint density at radius 1 is 1.44 bits per heavy atom. The number of carboxylic acids is 1. The van der Waals surface area contributed by atoms with Gasteiger partial charge in [-0.1, -0.05) is 24.3 Å². The van der Waals surface area contributed by atoms with E-state index in [0.717, 1.165) is 5.56 Å². The van der Waals surface area contributed by atoms with Gasteiger partial charge in [-0.15, -0.1) is 0 Å². The van der Waals surface area contributed by atoms with Gasteiger partial charge in [0.25, 0.3) is 6.01 Å². The summed E-state index contributed by atoms with van der Waals surface area (Å²) in [6.07, 6.45) is 0. The standard InChI is InChI=1S/C11H10N2O3/c1-6-4-2-3-5-7(6)9-8(10(14)15)13-11(12)16-9/h2-5H,1H3,(H2,12,13)(H,14,15). The lowest BCUT2D eigenvalue weighted by molar-refractivity contribution is 0.0691. The van der Waals surface area contributed by atoms with Gasteiger partial charge in [0.05, 0.1) is 0 Å². The second-order valence-corrected chi connectivity index (χ2v) is 3.35. The highest BCUT2D eigenvalue weighted by Gasteiger charge is 2.20. The van der Waals surface area contributed by atoms with Crippen LogP contribution in [0.25, 0.3) is 11.3 Å². The van der Waals surface area contributed by atoms with Gasteiger partial charge in [0.1, 0.15) is 0 Å². The molecule has 0 fully saturated rings. The van der Waals surface area contributed by atoms with Crippen LogP contribution in [0.15, 0.2) is 28.7 Å². The van der Waals surface area contributed by atoms with Crippen molar-refractivity contribution in [3.05, 3.63) is 35.5 Å². The van der Waals surface area contributed by atoms with Crippen molar-refractivity contribution in [1.82, 2.24) is 4.98 Å². The van der Waals surface area contributed by atoms with Gasteiger partial charge in [0.15, 0.2) is 11.5 Å². The number of nitrogen functional groups attached to an aromatic ring is 1. The number of aromatic carboxylic acids is 1. The highest BCUT2D eigenvalue weighted by Crippen LogP contribution is 2.28. The molecule has 0 unspecified atom stereocenters. The molecule has 16 heavy (non-hydrogen) atoms. The molecule has 5 nitrogen and oxygen atoms in total. The molecule has 5 heteroatoms. The molecule has 0 amide bonds. The third kappa shape index (κ3) is 1.63. The van der Waals surface area contributed by atoms with Gasteiger partial charge in [-0.05, 0) is 12.5 Å². The molecule has 0 saturated carbocycles. The molecule has 1 aromatic carbocycles. The summed E-state index contributed by atoms with van der Waals surface area (Å²) < 4.78 is 5.13. The van der Waals surface area contributed by atoms with Crippen LogP contribution in [0, 0.1) is 6.92 Å². The Kier molecular flexibility index (Phi) is 2.36. The number of benzene rings is 1. The largest absolute Gasteiger partial charge is 0.476 e. The third-order valence-corrected chi connectivity index (χ3v) is 2.24. The van der Waals surface area contributed by atoms with E-state index < -0.39 is 5.97 Å². The van der Waals surface area contributed by atoms with E-state index in [4.69, 9.17) is 15.3 Å². The predicted octanol–water partition coefficient (Wildman–Crippen LogP) is 1.93. The van der Waals surface area contributed by atoms with Crippen LogP contribution in [0.3, 0.4) is 0 Å². The molecule has 3 N–H and O–H groups in total. The molecule has 0 aliphatic carbocycles. The molecule has 1 aromatic heterocycles. The van der Waals surface area contributed by atoms with Crippen LogP contribution in [-0.2, 0) is 0 Å². The third-order valence-electron chi connectivity index (χ3n) is 2.24. The maximum atomic E-state index is 10.9. The first-order valence-electron chi connectivity index (χ1n) is 4.65. The van der Waals surface area contributed by atoms with Crippen LogP contribution in [0.2, 0.25) is 0 Å².